The van der Waals surface area contributed by atoms with E-state index >= 15 is 0 Å². The summed E-state index contributed by atoms with van der Waals surface area (Å²) in [6.45, 7) is 15.5. The maximum atomic E-state index is 12.2. The quantitative estimate of drug-likeness (QED) is 0.103. The van der Waals surface area contributed by atoms with E-state index in [4.69, 9.17) is 43.4 Å². The van der Waals surface area contributed by atoms with Crippen LogP contribution in [0.5, 0.6) is 0 Å². The van der Waals surface area contributed by atoms with Crippen molar-refractivity contribution in [3.8, 4) is 0 Å². The summed E-state index contributed by atoms with van der Waals surface area (Å²) in [5.41, 5.74) is 0. The van der Waals surface area contributed by atoms with Gasteiger partial charge >= 0.3 is 23.9 Å². The van der Waals surface area contributed by atoms with E-state index in [0.717, 1.165) is 0 Å². The molecule has 14 nitrogen and oxygen atoms in total. The zero-order chi connectivity index (χ0) is 37.7. The molecule has 0 saturated heterocycles. The van der Waals surface area contributed by atoms with Crippen LogP contribution in [0.3, 0.4) is 0 Å². The SMILES string of the molecule is COC(=O)[C@H](CC(C)C)NC(=O)C(=S)N[C@@H](CC(C)C)C(=O)OC.COC(=O)[C@H](CC(C)C)NC(=O)C(=S)N[C@@H](CC(C)C)C(=O)OC. The first-order chi connectivity index (χ1) is 22.2. The predicted molar refractivity (Wildman–Crippen MR) is 189 cm³/mol. The topological polar surface area (TPSA) is 187 Å². The molecule has 0 fully saturated rings. The average Bonchev–Trinajstić information content (AvgIpc) is 3.00. The third kappa shape index (κ3) is 20.1. The fraction of sp³-hybridized carbons (Fsp3) is 0.750. The van der Waals surface area contributed by atoms with Crippen LogP contribution in [0.2, 0.25) is 0 Å². The minimum absolute atomic E-state index is 0.163. The molecule has 0 aliphatic carbocycles. The summed E-state index contributed by atoms with van der Waals surface area (Å²) >= 11 is 10.1. The molecule has 48 heavy (non-hydrogen) atoms. The molecule has 0 bridgehead atoms. The minimum atomic E-state index is -0.788. The number of rotatable bonds is 16. The molecule has 4 atom stereocenters. The molecule has 0 saturated carbocycles. The molecule has 0 rings (SSSR count). The summed E-state index contributed by atoms with van der Waals surface area (Å²) in [5, 5.41) is 10.5. The van der Waals surface area contributed by atoms with Crippen molar-refractivity contribution in [2.75, 3.05) is 28.4 Å². The third-order valence-corrected chi connectivity index (χ3v) is 7.01. The maximum Gasteiger partial charge on any atom is 0.328 e. The van der Waals surface area contributed by atoms with Gasteiger partial charge < -0.3 is 40.2 Å². The van der Waals surface area contributed by atoms with E-state index < -0.39 is 59.9 Å². The number of esters is 4. The lowest BCUT2D eigenvalue weighted by Gasteiger charge is -2.22. The van der Waals surface area contributed by atoms with Crippen molar-refractivity contribution >= 4 is 70.1 Å². The smallest absolute Gasteiger partial charge is 0.328 e. The first-order valence-electron chi connectivity index (χ1n) is 15.8. The number of ether oxygens (including phenoxy) is 4. The molecule has 16 heteroatoms. The van der Waals surface area contributed by atoms with Crippen LogP contribution in [0, 0.1) is 23.7 Å². The second-order valence-electron chi connectivity index (χ2n) is 12.7. The van der Waals surface area contributed by atoms with Crippen LogP contribution >= 0.6 is 24.4 Å². The number of carbonyl (C=O) groups is 6. The van der Waals surface area contributed by atoms with Gasteiger partial charge in [0.2, 0.25) is 0 Å². The van der Waals surface area contributed by atoms with Crippen molar-refractivity contribution in [2.45, 2.75) is 105 Å². The lowest BCUT2D eigenvalue weighted by atomic mass is 10.0. The Morgan fingerprint density at radius 2 is 0.604 bits per heavy atom. The Labute approximate surface area is 295 Å². The normalized spacial score (nSPS) is 13.2. The van der Waals surface area contributed by atoms with Crippen LogP contribution in [0.1, 0.15) is 81.1 Å². The second kappa shape index (κ2) is 24.7. The van der Waals surface area contributed by atoms with E-state index in [-0.39, 0.29) is 33.6 Å². The first kappa shape index (κ1) is 46.7. The molecule has 0 aliphatic rings. The highest BCUT2D eigenvalue weighted by Crippen LogP contribution is 2.10. The molecular formula is C32H56N4O10S2. The lowest BCUT2D eigenvalue weighted by Crippen LogP contribution is -2.51. The summed E-state index contributed by atoms with van der Waals surface area (Å²) < 4.78 is 18.8. The summed E-state index contributed by atoms with van der Waals surface area (Å²) in [6.07, 6.45) is 1.78. The zero-order valence-corrected chi connectivity index (χ0v) is 32.0. The summed E-state index contributed by atoms with van der Waals surface area (Å²) in [7, 11) is 5.06. The summed E-state index contributed by atoms with van der Waals surface area (Å²) in [4.78, 5) is 71.2. The van der Waals surface area contributed by atoms with Crippen LogP contribution in [-0.4, -0.2) is 98.3 Å². The van der Waals surface area contributed by atoms with Gasteiger partial charge in [-0.2, -0.15) is 0 Å². The number of thiocarbonyl (C=S) groups is 2. The van der Waals surface area contributed by atoms with Crippen LogP contribution in [0.25, 0.3) is 0 Å². The first-order valence-corrected chi connectivity index (χ1v) is 16.6. The van der Waals surface area contributed by atoms with Gasteiger partial charge in [0, 0.05) is 0 Å². The van der Waals surface area contributed by atoms with Crippen LogP contribution in [-0.2, 0) is 47.7 Å². The number of amides is 2. The Balaban J connectivity index is 0. The molecule has 0 aromatic heterocycles. The molecule has 0 radical (unpaired) electrons. The van der Waals surface area contributed by atoms with Gasteiger partial charge in [-0.05, 0) is 49.4 Å². The van der Waals surface area contributed by atoms with Gasteiger partial charge in [0.25, 0.3) is 11.8 Å². The van der Waals surface area contributed by atoms with Gasteiger partial charge in [-0.1, -0.05) is 79.8 Å². The zero-order valence-electron chi connectivity index (χ0n) is 30.3. The molecule has 0 aromatic carbocycles. The lowest BCUT2D eigenvalue weighted by molar-refractivity contribution is -0.145. The fourth-order valence-electron chi connectivity index (χ4n) is 4.21. The summed E-state index contributed by atoms with van der Waals surface area (Å²) in [6, 6.07) is -3.00. The molecule has 0 aromatic rings. The summed E-state index contributed by atoms with van der Waals surface area (Å²) in [5.74, 6) is -2.54. The van der Waals surface area contributed by atoms with Crippen molar-refractivity contribution in [1.82, 2.24) is 21.3 Å². The van der Waals surface area contributed by atoms with Crippen LogP contribution in [0.15, 0.2) is 0 Å². The minimum Gasteiger partial charge on any atom is -0.467 e. The molecule has 0 unspecified atom stereocenters. The number of carbonyl (C=O) groups excluding carboxylic acids is 6. The highest BCUT2D eigenvalue weighted by Gasteiger charge is 2.29. The van der Waals surface area contributed by atoms with Gasteiger partial charge in [-0.3, -0.25) is 9.59 Å². The van der Waals surface area contributed by atoms with E-state index in [0.29, 0.717) is 25.7 Å². The maximum absolute atomic E-state index is 12.2. The Bertz CT molecular complexity index is 931. The molecule has 0 heterocycles. The van der Waals surface area contributed by atoms with Crippen LogP contribution < -0.4 is 21.3 Å². The van der Waals surface area contributed by atoms with E-state index in [1.54, 1.807) is 0 Å². The highest BCUT2D eigenvalue weighted by molar-refractivity contribution is 7.82. The number of hydrogen-bond donors (Lipinski definition) is 4. The number of hydrogen-bond acceptors (Lipinski definition) is 12. The third-order valence-electron chi connectivity index (χ3n) is 6.40. The van der Waals surface area contributed by atoms with Gasteiger partial charge in [0.15, 0.2) is 9.98 Å². The van der Waals surface area contributed by atoms with Gasteiger partial charge in [-0.25, -0.2) is 19.2 Å². The van der Waals surface area contributed by atoms with E-state index in [9.17, 15) is 28.8 Å². The van der Waals surface area contributed by atoms with Gasteiger partial charge in [0.05, 0.1) is 28.4 Å². The van der Waals surface area contributed by atoms with Crippen LogP contribution in [0.4, 0.5) is 0 Å². The van der Waals surface area contributed by atoms with Crippen molar-refractivity contribution in [3.63, 3.8) is 0 Å². The standard InChI is InChI=1S/2C16H28N2O5S/c2*1-9(2)7-11(15(20)22-5)17-13(19)14(24)18-12(8-10(3)4)16(21)23-6/h2*9-12H,7-8H2,1-6H3,(H,17,19)(H,18,24)/t2*11-,12-/m00/s1. The number of nitrogens with one attached hydrogen (secondary N) is 4. The Hall–Kier alpha value is -3.40. The highest BCUT2D eigenvalue weighted by atomic mass is 32.1. The molecule has 0 spiro atoms. The second-order valence-corrected chi connectivity index (χ2v) is 13.5. The van der Waals surface area contributed by atoms with E-state index in [1.807, 2.05) is 55.4 Å². The average molecular weight is 721 g/mol. The predicted octanol–water partition coefficient (Wildman–Crippen LogP) is 2.39. The van der Waals surface area contributed by atoms with Gasteiger partial charge in [-0.15, -0.1) is 0 Å². The molecular weight excluding hydrogens is 665 g/mol. The van der Waals surface area contributed by atoms with Crippen molar-refractivity contribution in [1.29, 1.82) is 0 Å². The largest absolute Gasteiger partial charge is 0.467 e. The Kier molecular flexibility index (Phi) is 24.0. The monoisotopic (exact) mass is 720 g/mol. The Morgan fingerprint density at radius 1 is 0.417 bits per heavy atom. The number of methoxy groups -OCH3 is 4. The molecule has 276 valence electrons. The van der Waals surface area contributed by atoms with E-state index in [2.05, 4.69) is 21.3 Å². The molecule has 2 amide bonds. The Morgan fingerprint density at radius 3 is 0.771 bits per heavy atom. The molecule has 0 aliphatic heterocycles. The van der Waals surface area contributed by atoms with E-state index in [1.165, 1.54) is 28.4 Å². The van der Waals surface area contributed by atoms with Gasteiger partial charge in [0.1, 0.15) is 24.2 Å². The fourth-order valence-corrected chi connectivity index (χ4v) is 4.61. The van der Waals surface area contributed by atoms with Crippen molar-refractivity contribution < 1.29 is 47.7 Å². The van der Waals surface area contributed by atoms with Crippen molar-refractivity contribution in [2.24, 2.45) is 23.7 Å². The van der Waals surface area contributed by atoms with Crippen molar-refractivity contribution in [3.05, 3.63) is 0 Å². The molecule has 4 N–H and O–H groups in total.